The van der Waals surface area contributed by atoms with Gasteiger partial charge in [0.05, 0.1) is 11.4 Å². The Bertz CT molecular complexity index is 2080. The van der Waals surface area contributed by atoms with Crippen LogP contribution in [0.2, 0.25) is 0 Å². The van der Waals surface area contributed by atoms with Crippen LogP contribution in [-0.4, -0.2) is 28.5 Å². The molecule has 242 valence electrons. The third-order valence-electron chi connectivity index (χ3n) is 7.23. The topological polar surface area (TPSA) is 100 Å². The summed E-state index contributed by atoms with van der Waals surface area (Å²) in [6.07, 6.45) is 1.65. The van der Waals surface area contributed by atoms with E-state index in [4.69, 9.17) is 0 Å². The zero-order chi connectivity index (χ0) is 34.0. The third kappa shape index (κ3) is 9.41. The highest BCUT2D eigenvalue weighted by Crippen LogP contribution is 2.27. The van der Waals surface area contributed by atoms with Crippen LogP contribution in [0.25, 0.3) is 28.5 Å². The van der Waals surface area contributed by atoms with Gasteiger partial charge in [-0.05, 0) is 71.3 Å². The second-order valence-electron chi connectivity index (χ2n) is 10.7. The molecule has 0 aliphatic heterocycles. The smallest absolute Gasteiger partial charge is 0.272 e. The SMILES string of the molecule is O=C(CSc1ccc(NC(=O)/C(=C/c2ccc(-c3ccccc3)cc2)NC(=O)c2ccccc2)cc1)Nc1nc(-c2ccc(Br)cc2)cs1. The average Bonchev–Trinajstić information content (AvgIpc) is 3.60. The molecule has 3 N–H and O–H groups in total. The second kappa shape index (κ2) is 16.2. The predicted molar refractivity (Wildman–Crippen MR) is 203 cm³/mol. The van der Waals surface area contributed by atoms with E-state index in [-0.39, 0.29) is 17.4 Å². The number of amides is 3. The Labute approximate surface area is 300 Å². The quantitative estimate of drug-likeness (QED) is 0.0907. The summed E-state index contributed by atoms with van der Waals surface area (Å²) in [4.78, 5) is 44.5. The van der Waals surface area contributed by atoms with E-state index < -0.39 is 11.8 Å². The molecule has 0 bridgehead atoms. The van der Waals surface area contributed by atoms with Gasteiger partial charge in [-0.15, -0.1) is 23.1 Å². The number of aromatic nitrogens is 1. The molecule has 10 heteroatoms. The van der Waals surface area contributed by atoms with Crippen molar-refractivity contribution in [3.63, 3.8) is 0 Å². The van der Waals surface area contributed by atoms with Crippen LogP contribution in [0.3, 0.4) is 0 Å². The molecule has 0 saturated heterocycles. The normalized spacial score (nSPS) is 11.1. The van der Waals surface area contributed by atoms with Crippen LogP contribution in [0, 0.1) is 0 Å². The first-order valence-electron chi connectivity index (χ1n) is 15.2. The van der Waals surface area contributed by atoms with Crippen LogP contribution < -0.4 is 16.0 Å². The molecule has 0 aliphatic carbocycles. The number of carbonyl (C=O) groups excluding carboxylic acids is 3. The molecule has 0 aliphatic rings. The van der Waals surface area contributed by atoms with Crippen molar-refractivity contribution in [2.24, 2.45) is 0 Å². The molecule has 0 spiro atoms. The molecular weight excluding hydrogens is 716 g/mol. The van der Waals surface area contributed by atoms with Crippen LogP contribution in [0.15, 0.2) is 154 Å². The summed E-state index contributed by atoms with van der Waals surface area (Å²) in [5.41, 5.74) is 5.74. The monoisotopic (exact) mass is 744 g/mol. The minimum absolute atomic E-state index is 0.0990. The molecule has 5 aromatic carbocycles. The molecule has 0 radical (unpaired) electrons. The van der Waals surface area contributed by atoms with Gasteiger partial charge in [-0.2, -0.15) is 0 Å². The average molecular weight is 746 g/mol. The molecule has 0 atom stereocenters. The lowest BCUT2D eigenvalue weighted by Gasteiger charge is -2.12. The fourth-order valence-electron chi connectivity index (χ4n) is 4.73. The van der Waals surface area contributed by atoms with Crippen LogP contribution in [0.1, 0.15) is 15.9 Å². The summed E-state index contributed by atoms with van der Waals surface area (Å²) in [5, 5.41) is 11.0. The molecule has 1 heterocycles. The van der Waals surface area contributed by atoms with Gasteiger partial charge in [-0.25, -0.2) is 4.98 Å². The lowest BCUT2D eigenvalue weighted by Crippen LogP contribution is -2.30. The number of hydrogen-bond acceptors (Lipinski definition) is 6. The predicted octanol–water partition coefficient (Wildman–Crippen LogP) is 9.38. The Morgan fingerprint density at radius 1 is 0.714 bits per heavy atom. The van der Waals surface area contributed by atoms with Crippen molar-refractivity contribution < 1.29 is 14.4 Å². The summed E-state index contributed by atoms with van der Waals surface area (Å²) in [5.74, 6) is -0.836. The zero-order valence-electron chi connectivity index (χ0n) is 25.9. The maximum atomic E-state index is 13.5. The number of benzene rings is 5. The maximum Gasteiger partial charge on any atom is 0.272 e. The molecule has 3 amide bonds. The highest BCUT2D eigenvalue weighted by molar-refractivity contribution is 9.10. The van der Waals surface area contributed by atoms with Gasteiger partial charge < -0.3 is 16.0 Å². The number of thioether (sulfide) groups is 1. The standard InChI is InChI=1S/C39H29BrN4O3S2/c40-31-17-15-29(16-18-31)35-24-49-39(43-35)44-36(45)25-48-33-21-19-32(20-22-33)41-38(47)34(42-37(46)30-9-5-2-6-10-30)23-26-11-13-28(14-12-26)27-7-3-1-4-8-27/h1-24H,25H2,(H,41,47)(H,42,46)(H,43,44,45)/b34-23-. The highest BCUT2D eigenvalue weighted by Gasteiger charge is 2.16. The molecule has 49 heavy (non-hydrogen) atoms. The van der Waals surface area contributed by atoms with E-state index in [1.165, 1.54) is 23.1 Å². The Morgan fingerprint density at radius 3 is 2.04 bits per heavy atom. The number of carbonyl (C=O) groups is 3. The molecular formula is C39H29BrN4O3S2. The largest absolute Gasteiger partial charge is 0.321 e. The van der Waals surface area contributed by atoms with Gasteiger partial charge >= 0.3 is 0 Å². The summed E-state index contributed by atoms with van der Waals surface area (Å²) in [7, 11) is 0. The fraction of sp³-hybridized carbons (Fsp3) is 0.0256. The summed E-state index contributed by atoms with van der Waals surface area (Å²) in [6.45, 7) is 0. The lowest BCUT2D eigenvalue weighted by atomic mass is 10.0. The first-order valence-corrected chi connectivity index (χ1v) is 17.8. The van der Waals surface area contributed by atoms with Gasteiger partial charge in [0.1, 0.15) is 5.70 Å². The van der Waals surface area contributed by atoms with Crippen molar-refractivity contribution in [3.05, 3.63) is 160 Å². The van der Waals surface area contributed by atoms with Crippen LogP contribution >= 0.6 is 39.0 Å². The van der Waals surface area contributed by atoms with E-state index in [1.54, 1.807) is 42.5 Å². The highest BCUT2D eigenvalue weighted by atomic mass is 79.9. The van der Waals surface area contributed by atoms with Crippen molar-refractivity contribution in [2.75, 3.05) is 16.4 Å². The first-order chi connectivity index (χ1) is 23.9. The molecule has 0 saturated carbocycles. The van der Waals surface area contributed by atoms with Crippen LogP contribution in [0.4, 0.5) is 10.8 Å². The van der Waals surface area contributed by atoms with Crippen molar-refractivity contribution in [1.29, 1.82) is 0 Å². The molecule has 1 aromatic heterocycles. The Balaban J connectivity index is 1.08. The number of rotatable bonds is 11. The Hall–Kier alpha value is -5.29. The minimum atomic E-state index is -0.470. The summed E-state index contributed by atoms with van der Waals surface area (Å²) in [6, 6.07) is 41.5. The van der Waals surface area contributed by atoms with E-state index in [0.29, 0.717) is 16.4 Å². The zero-order valence-corrected chi connectivity index (χ0v) is 29.1. The summed E-state index contributed by atoms with van der Waals surface area (Å²) < 4.78 is 0.988. The molecule has 7 nitrogen and oxygen atoms in total. The van der Waals surface area contributed by atoms with Gasteiger partial charge in [0.15, 0.2) is 5.13 Å². The van der Waals surface area contributed by atoms with Gasteiger partial charge in [0.25, 0.3) is 11.8 Å². The van der Waals surface area contributed by atoms with Crippen molar-refractivity contribution in [1.82, 2.24) is 10.3 Å². The Morgan fingerprint density at radius 2 is 1.35 bits per heavy atom. The first kappa shape index (κ1) is 33.6. The van der Waals surface area contributed by atoms with Gasteiger partial charge in [0, 0.05) is 31.6 Å². The number of halogens is 1. The van der Waals surface area contributed by atoms with E-state index in [1.807, 2.05) is 102 Å². The molecule has 6 rings (SSSR count). The molecule has 6 aromatic rings. The van der Waals surface area contributed by atoms with E-state index in [2.05, 4.69) is 36.9 Å². The Kier molecular flexibility index (Phi) is 11.1. The van der Waals surface area contributed by atoms with E-state index in [0.717, 1.165) is 37.3 Å². The number of nitrogens with zero attached hydrogens (tertiary/aromatic N) is 1. The summed E-state index contributed by atoms with van der Waals surface area (Å²) >= 11 is 6.18. The van der Waals surface area contributed by atoms with Crippen molar-refractivity contribution in [2.45, 2.75) is 4.90 Å². The number of nitrogens with one attached hydrogen (secondary N) is 3. The lowest BCUT2D eigenvalue weighted by molar-refractivity contribution is -0.114. The minimum Gasteiger partial charge on any atom is -0.321 e. The van der Waals surface area contributed by atoms with Crippen LogP contribution in [-0.2, 0) is 9.59 Å². The van der Waals surface area contributed by atoms with E-state index >= 15 is 0 Å². The number of anilines is 2. The number of hydrogen-bond donors (Lipinski definition) is 3. The van der Waals surface area contributed by atoms with Gasteiger partial charge in [-0.3, -0.25) is 14.4 Å². The number of thiazole rings is 1. The van der Waals surface area contributed by atoms with E-state index in [9.17, 15) is 14.4 Å². The molecule has 0 fully saturated rings. The van der Waals surface area contributed by atoms with Crippen molar-refractivity contribution in [3.8, 4) is 22.4 Å². The molecule has 0 unspecified atom stereocenters. The fourth-order valence-corrected chi connectivity index (χ4v) is 6.43. The van der Waals surface area contributed by atoms with Crippen LogP contribution in [0.5, 0.6) is 0 Å². The van der Waals surface area contributed by atoms with Gasteiger partial charge in [0.2, 0.25) is 5.91 Å². The van der Waals surface area contributed by atoms with Gasteiger partial charge in [-0.1, -0.05) is 101 Å². The maximum absolute atomic E-state index is 13.5. The second-order valence-corrected chi connectivity index (χ2v) is 13.5. The third-order valence-corrected chi connectivity index (χ3v) is 9.53. The van der Waals surface area contributed by atoms with Crippen molar-refractivity contribution >= 4 is 73.6 Å².